The van der Waals surface area contributed by atoms with E-state index in [9.17, 15) is 5.11 Å². The van der Waals surface area contributed by atoms with Crippen molar-refractivity contribution >= 4 is 0 Å². The quantitative estimate of drug-likeness (QED) is 0.289. The molecule has 162 valence electrons. The Morgan fingerprint density at radius 3 is 1.45 bits per heavy atom. The highest BCUT2D eigenvalue weighted by Crippen LogP contribution is 2.37. The molecule has 5 aromatic rings. The Morgan fingerprint density at radius 2 is 1.03 bits per heavy atom. The van der Waals surface area contributed by atoms with Crippen molar-refractivity contribution in [3.8, 4) is 0 Å². The van der Waals surface area contributed by atoms with Crippen molar-refractivity contribution in [3.05, 3.63) is 162 Å². The molecule has 0 fully saturated rings. The summed E-state index contributed by atoms with van der Waals surface area (Å²) < 4.78 is 4.25. The van der Waals surface area contributed by atoms with Gasteiger partial charge in [0.1, 0.15) is 12.3 Å². The van der Waals surface area contributed by atoms with Crippen molar-refractivity contribution in [3.63, 3.8) is 0 Å². The maximum atomic E-state index is 11.2. The van der Waals surface area contributed by atoms with Crippen LogP contribution >= 0.6 is 0 Å². The minimum atomic E-state index is -0.725. The number of imidazole rings is 1. The van der Waals surface area contributed by atoms with Crippen LogP contribution in [0.5, 0.6) is 0 Å². The van der Waals surface area contributed by atoms with Gasteiger partial charge in [-0.3, -0.25) is 0 Å². The van der Waals surface area contributed by atoms with Crippen molar-refractivity contribution in [1.82, 2.24) is 4.57 Å². The number of aromatic nitrogens is 2. The van der Waals surface area contributed by atoms with Gasteiger partial charge in [-0.25, -0.2) is 9.13 Å². The molecule has 0 aliphatic carbocycles. The number of aryl methyl sites for hydroxylation is 1. The normalized spacial score (nSPS) is 12.4. The van der Waals surface area contributed by atoms with Crippen LogP contribution in [0, 0.1) is 0 Å². The van der Waals surface area contributed by atoms with Crippen LogP contribution < -0.4 is 4.57 Å². The van der Waals surface area contributed by atoms with E-state index >= 15 is 0 Å². The van der Waals surface area contributed by atoms with Crippen molar-refractivity contribution in [2.24, 2.45) is 7.05 Å². The Hall–Kier alpha value is -3.95. The van der Waals surface area contributed by atoms with Crippen LogP contribution in [0.3, 0.4) is 0 Å². The molecule has 0 saturated carbocycles. The highest BCUT2D eigenvalue weighted by atomic mass is 16.3. The van der Waals surface area contributed by atoms with Gasteiger partial charge in [-0.05, 0) is 5.56 Å². The van der Waals surface area contributed by atoms with Crippen LogP contribution in [0.4, 0.5) is 0 Å². The van der Waals surface area contributed by atoms with E-state index in [2.05, 4.69) is 89.9 Å². The molecule has 3 heteroatoms. The minimum Gasteiger partial charge on any atom is -0.380 e. The van der Waals surface area contributed by atoms with Crippen LogP contribution in [0.1, 0.15) is 34.1 Å². The number of nitrogens with zero attached hydrogens (tertiary/aromatic N) is 2. The van der Waals surface area contributed by atoms with Crippen molar-refractivity contribution in [2.45, 2.75) is 11.6 Å². The summed E-state index contributed by atoms with van der Waals surface area (Å²) in [6.45, 7) is 0. The molecule has 1 heterocycles. The minimum absolute atomic E-state index is 0.601. The molecular weight excluding hydrogens is 404 g/mol. The lowest BCUT2D eigenvalue weighted by Gasteiger charge is -2.32. The molecule has 0 spiro atoms. The number of aliphatic hydroxyl groups is 1. The summed E-state index contributed by atoms with van der Waals surface area (Å²) in [7, 11) is 1.99. The van der Waals surface area contributed by atoms with E-state index in [0.29, 0.717) is 0 Å². The van der Waals surface area contributed by atoms with E-state index in [1.807, 2.05) is 60.1 Å². The Kier molecular flexibility index (Phi) is 5.64. The molecule has 0 amide bonds. The predicted octanol–water partition coefficient (Wildman–Crippen LogP) is 5.23. The van der Waals surface area contributed by atoms with E-state index in [4.69, 9.17) is 0 Å². The third-order valence-corrected chi connectivity index (χ3v) is 6.33. The molecule has 1 aromatic heterocycles. The maximum absolute atomic E-state index is 11.2. The topological polar surface area (TPSA) is 29.0 Å². The molecule has 0 bridgehead atoms. The molecule has 1 unspecified atom stereocenters. The largest absolute Gasteiger partial charge is 0.380 e. The summed E-state index contributed by atoms with van der Waals surface area (Å²) in [4.78, 5) is 0. The summed E-state index contributed by atoms with van der Waals surface area (Å²) >= 11 is 0. The molecule has 5 rings (SSSR count). The van der Waals surface area contributed by atoms with Gasteiger partial charge in [0.2, 0.25) is 6.33 Å². The number of hydrogen-bond acceptors (Lipinski definition) is 1. The first-order valence-electron chi connectivity index (χ1n) is 11.2. The molecule has 3 nitrogen and oxygen atoms in total. The van der Waals surface area contributed by atoms with Gasteiger partial charge in [0, 0.05) is 16.7 Å². The van der Waals surface area contributed by atoms with Crippen LogP contribution in [-0.4, -0.2) is 9.67 Å². The summed E-state index contributed by atoms with van der Waals surface area (Å²) in [6.07, 6.45) is 3.43. The zero-order valence-corrected chi connectivity index (χ0v) is 18.6. The first-order chi connectivity index (χ1) is 16.2. The fourth-order valence-electron chi connectivity index (χ4n) is 4.76. The Bertz CT molecular complexity index is 1220. The summed E-state index contributed by atoms with van der Waals surface area (Å²) in [5, 5.41) is 11.2. The summed E-state index contributed by atoms with van der Waals surface area (Å²) in [5.74, 6) is 0. The number of benzene rings is 4. The van der Waals surface area contributed by atoms with Gasteiger partial charge in [-0.2, -0.15) is 0 Å². The van der Waals surface area contributed by atoms with Crippen LogP contribution in [0.25, 0.3) is 0 Å². The molecule has 0 aliphatic rings. The van der Waals surface area contributed by atoms with Gasteiger partial charge in [0.25, 0.3) is 0 Å². The first-order valence-corrected chi connectivity index (χ1v) is 11.2. The lowest BCUT2D eigenvalue weighted by Crippen LogP contribution is -2.57. The molecular formula is C30H27N2O+. The first kappa shape index (κ1) is 20.9. The SMILES string of the molecule is Cn1c[n+](C(c2ccccc2)(c2ccccc2)c2ccccc2)cc1C(O)c1ccccc1. The third-order valence-electron chi connectivity index (χ3n) is 6.33. The van der Waals surface area contributed by atoms with E-state index in [-0.39, 0.29) is 0 Å². The maximum Gasteiger partial charge on any atom is 0.245 e. The van der Waals surface area contributed by atoms with Gasteiger partial charge in [-0.15, -0.1) is 0 Å². The third kappa shape index (κ3) is 3.67. The highest BCUT2D eigenvalue weighted by molar-refractivity contribution is 5.46. The smallest absolute Gasteiger partial charge is 0.245 e. The zero-order chi connectivity index (χ0) is 22.7. The van der Waals surface area contributed by atoms with Crippen LogP contribution in [0.15, 0.2) is 134 Å². The van der Waals surface area contributed by atoms with Gasteiger partial charge in [0.15, 0.2) is 11.2 Å². The Labute approximate surface area is 194 Å². The highest BCUT2D eigenvalue weighted by Gasteiger charge is 2.44. The molecule has 0 aliphatic heterocycles. The summed E-state index contributed by atoms with van der Waals surface area (Å²) in [5.41, 5.74) is 4.55. The van der Waals surface area contributed by atoms with Gasteiger partial charge >= 0.3 is 0 Å². The number of rotatable bonds is 6. The monoisotopic (exact) mass is 431 g/mol. The lowest BCUT2D eigenvalue weighted by molar-refractivity contribution is -0.734. The average molecular weight is 432 g/mol. The number of aliphatic hydroxyl groups excluding tert-OH is 1. The van der Waals surface area contributed by atoms with Crippen LogP contribution in [-0.2, 0) is 12.6 Å². The van der Waals surface area contributed by atoms with Crippen molar-refractivity contribution in [1.29, 1.82) is 0 Å². The van der Waals surface area contributed by atoms with E-state index in [1.54, 1.807) is 0 Å². The van der Waals surface area contributed by atoms with Crippen molar-refractivity contribution < 1.29 is 9.67 Å². The number of hydrogen-bond donors (Lipinski definition) is 1. The standard InChI is InChI=1S/C30H27N2O/c1-31-23-32(22-28(31)29(33)24-14-6-2-7-15-24)30(25-16-8-3-9-17-25,26-18-10-4-11-19-26)27-20-12-5-13-21-27/h2-23,29,33H,1H3/q+1. The Balaban J connectivity index is 1.79. The second-order valence-electron chi connectivity index (χ2n) is 8.31. The average Bonchev–Trinajstić information content (AvgIpc) is 3.28. The van der Waals surface area contributed by atoms with Gasteiger partial charge in [0.05, 0.1) is 7.05 Å². The molecule has 4 aromatic carbocycles. The van der Waals surface area contributed by atoms with Crippen molar-refractivity contribution in [2.75, 3.05) is 0 Å². The molecule has 1 atom stereocenters. The second kappa shape index (κ2) is 8.89. The van der Waals surface area contributed by atoms with E-state index in [0.717, 1.165) is 27.9 Å². The zero-order valence-electron chi connectivity index (χ0n) is 18.6. The molecule has 33 heavy (non-hydrogen) atoms. The fourth-order valence-corrected chi connectivity index (χ4v) is 4.76. The summed E-state index contributed by atoms with van der Waals surface area (Å²) in [6, 6.07) is 41.5. The molecule has 0 saturated heterocycles. The predicted molar refractivity (Wildman–Crippen MR) is 131 cm³/mol. The fraction of sp³-hybridized carbons (Fsp3) is 0.100. The van der Waals surface area contributed by atoms with Gasteiger partial charge in [-0.1, -0.05) is 121 Å². The molecule has 1 N–H and O–H groups in total. The van der Waals surface area contributed by atoms with Gasteiger partial charge < -0.3 is 5.11 Å². The Morgan fingerprint density at radius 1 is 0.636 bits per heavy atom. The lowest BCUT2D eigenvalue weighted by atomic mass is 9.77. The van der Waals surface area contributed by atoms with E-state index in [1.165, 1.54) is 0 Å². The van der Waals surface area contributed by atoms with E-state index < -0.39 is 11.6 Å². The van der Waals surface area contributed by atoms with Crippen LogP contribution in [0.2, 0.25) is 0 Å². The molecule has 0 radical (unpaired) electrons. The second-order valence-corrected chi connectivity index (χ2v) is 8.31.